The summed E-state index contributed by atoms with van der Waals surface area (Å²) in [5.41, 5.74) is 2.06. The summed E-state index contributed by atoms with van der Waals surface area (Å²) in [6.45, 7) is 2.03. The number of para-hydroxylation sites is 1. The van der Waals surface area contributed by atoms with Gasteiger partial charge in [-0.25, -0.2) is 9.18 Å². The summed E-state index contributed by atoms with van der Waals surface area (Å²) in [5.74, 6) is -1.50. The number of esters is 1. The van der Waals surface area contributed by atoms with Gasteiger partial charge in [-0.2, -0.15) is 5.26 Å². The van der Waals surface area contributed by atoms with Gasteiger partial charge in [0, 0.05) is 40.8 Å². The van der Waals surface area contributed by atoms with Crippen LogP contribution in [0.15, 0.2) is 60.8 Å². The number of hydrogen-bond donors (Lipinski definition) is 0. The number of fused-ring (bicyclic) bond motifs is 1. The van der Waals surface area contributed by atoms with Crippen LogP contribution >= 0.6 is 0 Å². The number of aromatic nitrogens is 1. The highest BCUT2D eigenvalue weighted by molar-refractivity contribution is 6.01. The maximum atomic E-state index is 13.0. The van der Waals surface area contributed by atoms with Crippen LogP contribution in [0.2, 0.25) is 0 Å². The molecule has 0 fully saturated rings. The molecule has 0 saturated heterocycles. The molecule has 0 saturated carbocycles. The number of ether oxygens (including phenoxy) is 1. The van der Waals surface area contributed by atoms with E-state index in [0.29, 0.717) is 13.0 Å². The molecule has 0 amide bonds. The van der Waals surface area contributed by atoms with Crippen molar-refractivity contribution in [3.63, 3.8) is 0 Å². The van der Waals surface area contributed by atoms with Gasteiger partial charge >= 0.3 is 5.97 Å². The molecule has 29 heavy (non-hydrogen) atoms. The van der Waals surface area contributed by atoms with E-state index in [-0.39, 0.29) is 5.56 Å². The molecule has 6 heteroatoms. The smallest absolute Gasteiger partial charge is 0.331 e. The van der Waals surface area contributed by atoms with Crippen LogP contribution in [0, 0.1) is 17.1 Å². The molecule has 0 N–H and O–H groups in total. The molecule has 1 heterocycles. The van der Waals surface area contributed by atoms with Gasteiger partial charge in [-0.15, -0.1) is 0 Å². The third-order valence-electron chi connectivity index (χ3n) is 4.47. The van der Waals surface area contributed by atoms with E-state index in [1.165, 1.54) is 37.3 Å². The quantitative estimate of drug-likeness (QED) is 0.338. The van der Waals surface area contributed by atoms with Crippen molar-refractivity contribution in [2.75, 3.05) is 0 Å². The van der Waals surface area contributed by atoms with Gasteiger partial charge in [0.1, 0.15) is 5.82 Å². The van der Waals surface area contributed by atoms with Crippen LogP contribution in [-0.2, 0) is 16.1 Å². The molecule has 0 unspecified atom stereocenters. The van der Waals surface area contributed by atoms with Gasteiger partial charge in [0.05, 0.1) is 12.5 Å². The van der Waals surface area contributed by atoms with E-state index in [9.17, 15) is 14.0 Å². The lowest BCUT2D eigenvalue weighted by Crippen LogP contribution is -2.23. The normalized spacial score (nSPS) is 12.0. The monoisotopic (exact) mass is 390 g/mol. The van der Waals surface area contributed by atoms with Crippen LogP contribution in [0.4, 0.5) is 4.39 Å². The van der Waals surface area contributed by atoms with Crippen molar-refractivity contribution in [2.24, 2.45) is 0 Å². The molecule has 0 aliphatic heterocycles. The predicted molar refractivity (Wildman–Crippen MR) is 107 cm³/mol. The number of carbonyl (C=O) groups is 2. The predicted octanol–water partition coefficient (Wildman–Crippen LogP) is 4.52. The fourth-order valence-electron chi connectivity index (χ4n) is 3.04. The average molecular weight is 390 g/mol. The molecule has 3 aromatic rings. The number of nitrogens with zero attached hydrogens (tertiary/aromatic N) is 2. The van der Waals surface area contributed by atoms with Crippen LogP contribution in [-0.4, -0.2) is 22.4 Å². The van der Waals surface area contributed by atoms with E-state index < -0.39 is 23.7 Å². The fourth-order valence-corrected chi connectivity index (χ4v) is 3.04. The van der Waals surface area contributed by atoms with Gasteiger partial charge in [0.15, 0.2) is 6.10 Å². The average Bonchev–Trinajstić information content (AvgIpc) is 3.08. The SMILES string of the molecule is C[C@H](OC(=O)/C=C/c1cn(CCC#N)c2ccccc12)C(=O)c1ccc(F)cc1. The number of halogens is 1. The number of hydrogen-bond acceptors (Lipinski definition) is 4. The zero-order valence-electron chi connectivity index (χ0n) is 15.8. The lowest BCUT2D eigenvalue weighted by atomic mass is 10.1. The highest BCUT2D eigenvalue weighted by Crippen LogP contribution is 2.23. The lowest BCUT2D eigenvalue weighted by molar-refractivity contribution is -0.140. The van der Waals surface area contributed by atoms with Crippen LogP contribution in [0.1, 0.15) is 29.3 Å². The minimum absolute atomic E-state index is 0.274. The molecule has 3 rings (SSSR count). The zero-order chi connectivity index (χ0) is 20.8. The van der Waals surface area contributed by atoms with Gasteiger partial charge in [0.25, 0.3) is 0 Å². The number of ketones is 1. The molecule has 5 nitrogen and oxygen atoms in total. The molecule has 1 atom stereocenters. The van der Waals surface area contributed by atoms with Gasteiger partial charge in [-0.05, 0) is 43.3 Å². The molecule has 2 aromatic carbocycles. The summed E-state index contributed by atoms with van der Waals surface area (Å²) in [7, 11) is 0. The second-order valence-corrected chi connectivity index (χ2v) is 6.49. The highest BCUT2D eigenvalue weighted by Gasteiger charge is 2.18. The Morgan fingerprint density at radius 1 is 1.21 bits per heavy atom. The Balaban J connectivity index is 1.71. The number of aryl methyl sites for hydroxylation is 1. The Kier molecular flexibility index (Phi) is 6.20. The van der Waals surface area contributed by atoms with Crippen molar-refractivity contribution in [2.45, 2.75) is 26.0 Å². The standard InChI is InChI=1S/C23H19FN2O3/c1-16(23(28)17-7-10-19(24)11-8-17)29-22(27)12-9-18-15-26(14-4-13-25)21-6-3-2-5-20(18)21/h2-3,5-12,15-16H,4,14H2,1H3/b12-9+/t16-/m0/s1. The Morgan fingerprint density at radius 3 is 2.66 bits per heavy atom. The molecule has 0 spiro atoms. The summed E-state index contributed by atoms with van der Waals surface area (Å²) in [6, 6.07) is 14.9. The first-order chi connectivity index (χ1) is 14.0. The first-order valence-electron chi connectivity index (χ1n) is 9.13. The molecule has 146 valence electrons. The summed E-state index contributed by atoms with van der Waals surface area (Å²) in [5, 5.41) is 9.77. The van der Waals surface area contributed by atoms with Gasteiger partial charge in [-0.3, -0.25) is 4.79 Å². The molecule has 0 aliphatic carbocycles. The van der Waals surface area contributed by atoms with Crippen molar-refractivity contribution < 1.29 is 18.7 Å². The van der Waals surface area contributed by atoms with Gasteiger partial charge < -0.3 is 9.30 Å². The molecular formula is C23H19FN2O3. The largest absolute Gasteiger partial charge is 0.451 e. The molecule has 1 aromatic heterocycles. The van der Waals surface area contributed by atoms with Crippen LogP contribution < -0.4 is 0 Å². The highest BCUT2D eigenvalue weighted by atomic mass is 19.1. The maximum absolute atomic E-state index is 13.0. The zero-order valence-corrected chi connectivity index (χ0v) is 15.8. The summed E-state index contributed by atoms with van der Waals surface area (Å²) >= 11 is 0. The Hall–Kier alpha value is -3.72. The van der Waals surface area contributed by atoms with E-state index in [2.05, 4.69) is 6.07 Å². The van der Waals surface area contributed by atoms with Gasteiger partial charge in [0.2, 0.25) is 5.78 Å². The third-order valence-corrected chi connectivity index (χ3v) is 4.47. The van der Waals surface area contributed by atoms with Crippen molar-refractivity contribution in [1.82, 2.24) is 4.57 Å². The minimum atomic E-state index is -0.991. The third kappa shape index (κ3) is 4.77. The van der Waals surface area contributed by atoms with Crippen LogP contribution in [0.5, 0.6) is 0 Å². The number of rotatable bonds is 7. The summed E-state index contributed by atoms with van der Waals surface area (Å²) < 4.78 is 20.1. The Labute approximate surface area is 167 Å². The molecular weight excluding hydrogens is 371 g/mol. The van der Waals surface area contributed by atoms with Crippen molar-refractivity contribution in [3.8, 4) is 6.07 Å². The van der Waals surface area contributed by atoms with E-state index in [4.69, 9.17) is 10.00 Å². The first-order valence-corrected chi connectivity index (χ1v) is 9.13. The lowest BCUT2D eigenvalue weighted by Gasteiger charge is -2.10. The van der Waals surface area contributed by atoms with Crippen molar-refractivity contribution >= 4 is 28.7 Å². The topological polar surface area (TPSA) is 72.1 Å². The van der Waals surface area contributed by atoms with E-state index in [0.717, 1.165) is 16.5 Å². The molecule has 0 aliphatic rings. The van der Waals surface area contributed by atoms with Crippen molar-refractivity contribution in [1.29, 1.82) is 5.26 Å². The van der Waals surface area contributed by atoms with E-state index >= 15 is 0 Å². The van der Waals surface area contributed by atoms with Crippen molar-refractivity contribution in [3.05, 3.63) is 77.7 Å². The first kappa shape index (κ1) is 20.0. The van der Waals surface area contributed by atoms with Crippen LogP contribution in [0.3, 0.4) is 0 Å². The van der Waals surface area contributed by atoms with Crippen LogP contribution in [0.25, 0.3) is 17.0 Å². The Morgan fingerprint density at radius 2 is 1.93 bits per heavy atom. The second kappa shape index (κ2) is 8.98. The summed E-state index contributed by atoms with van der Waals surface area (Å²) in [6.07, 6.45) is 4.16. The van der Waals surface area contributed by atoms with E-state index in [1.807, 2.05) is 35.0 Å². The minimum Gasteiger partial charge on any atom is -0.451 e. The second-order valence-electron chi connectivity index (χ2n) is 6.49. The number of nitriles is 1. The Bertz CT molecular complexity index is 1110. The summed E-state index contributed by atoms with van der Waals surface area (Å²) in [4.78, 5) is 24.5. The number of benzene rings is 2. The van der Waals surface area contributed by atoms with E-state index in [1.54, 1.807) is 6.08 Å². The fraction of sp³-hybridized carbons (Fsp3) is 0.174. The molecule has 0 bridgehead atoms. The van der Waals surface area contributed by atoms with Gasteiger partial charge in [-0.1, -0.05) is 18.2 Å². The molecule has 0 radical (unpaired) electrons. The maximum Gasteiger partial charge on any atom is 0.331 e. The number of Topliss-reactive ketones (excluding diaryl/α,β-unsaturated/α-hetero) is 1. The number of carbonyl (C=O) groups excluding carboxylic acids is 2.